The number of anilines is 1. The number of nitrogens with one attached hydrogen (secondary N) is 1. The molecule has 0 bridgehead atoms. The van der Waals surface area contributed by atoms with Crippen molar-refractivity contribution in [1.29, 1.82) is 0 Å². The number of rotatable bonds is 2. The minimum atomic E-state index is -0.505. The lowest BCUT2D eigenvalue weighted by Gasteiger charge is -2.26. The van der Waals surface area contributed by atoms with Gasteiger partial charge in [0.25, 0.3) is 5.69 Å². The molecule has 7 nitrogen and oxygen atoms in total. The molecule has 19 heavy (non-hydrogen) atoms. The number of nitrogens with zero attached hydrogens (tertiary/aromatic N) is 2. The van der Waals surface area contributed by atoms with Crippen LogP contribution in [0.5, 0.6) is 0 Å². The lowest BCUT2D eigenvalue weighted by molar-refractivity contribution is -0.385. The third kappa shape index (κ3) is 3.42. The van der Waals surface area contributed by atoms with Gasteiger partial charge >= 0.3 is 6.03 Å². The molecule has 1 saturated heterocycles. The highest BCUT2D eigenvalue weighted by Gasteiger charge is 2.18. The summed E-state index contributed by atoms with van der Waals surface area (Å²) in [5, 5.41) is 13.4. The number of carbonyl (C=O) groups is 1. The summed E-state index contributed by atoms with van der Waals surface area (Å²) in [5.41, 5.74) is 0.311. The Labute approximate surface area is 117 Å². The zero-order valence-corrected chi connectivity index (χ0v) is 11.6. The maximum Gasteiger partial charge on any atom is 0.322 e. The molecule has 0 aromatic heterocycles. The predicted octanol–water partition coefficient (Wildman–Crippen LogP) is 2.22. The molecule has 1 aliphatic heterocycles. The fraction of sp³-hybridized carbons (Fsp3) is 0.364. The van der Waals surface area contributed by atoms with E-state index in [9.17, 15) is 14.9 Å². The van der Waals surface area contributed by atoms with E-state index < -0.39 is 4.92 Å². The van der Waals surface area contributed by atoms with Crippen molar-refractivity contribution in [1.82, 2.24) is 4.90 Å². The van der Waals surface area contributed by atoms with Crippen LogP contribution in [-0.4, -0.2) is 42.2 Å². The second-order valence-electron chi connectivity index (χ2n) is 3.95. The van der Waals surface area contributed by atoms with Crippen LogP contribution in [0.4, 0.5) is 16.2 Å². The number of hydrogen-bond donors (Lipinski definition) is 1. The minimum Gasteiger partial charge on any atom is -0.378 e. The fourth-order valence-electron chi connectivity index (χ4n) is 1.70. The molecule has 1 aromatic rings. The molecule has 0 atom stereocenters. The van der Waals surface area contributed by atoms with E-state index in [0.717, 1.165) is 0 Å². The van der Waals surface area contributed by atoms with Crippen LogP contribution in [0.15, 0.2) is 22.7 Å². The zero-order chi connectivity index (χ0) is 13.8. The molecule has 102 valence electrons. The Bertz CT molecular complexity index is 503. The standard InChI is InChI=1S/C11H12BrN3O4/c12-9-2-1-8(7-10(9)15(17)18)13-11(16)14-3-5-19-6-4-14/h1-2,7H,3-6H2,(H,13,16). The third-order valence-electron chi connectivity index (χ3n) is 2.69. The number of amides is 2. The third-order valence-corrected chi connectivity index (χ3v) is 3.36. The van der Waals surface area contributed by atoms with Crippen LogP contribution < -0.4 is 5.32 Å². The van der Waals surface area contributed by atoms with Crippen LogP contribution in [0, 0.1) is 10.1 Å². The first-order chi connectivity index (χ1) is 9.08. The van der Waals surface area contributed by atoms with Gasteiger partial charge in [0.05, 0.1) is 22.6 Å². The Balaban J connectivity index is 2.08. The van der Waals surface area contributed by atoms with Crippen molar-refractivity contribution in [3.05, 3.63) is 32.8 Å². The summed E-state index contributed by atoms with van der Waals surface area (Å²) in [4.78, 5) is 23.8. The number of nitro groups is 1. The molecule has 2 amide bonds. The molecule has 0 saturated carbocycles. The number of carbonyl (C=O) groups excluding carboxylic acids is 1. The maximum absolute atomic E-state index is 11.9. The maximum atomic E-state index is 11.9. The molecule has 2 rings (SSSR count). The van der Waals surface area contributed by atoms with E-state index in [1.54, 1.807) is 11.0 Å². The largest absolute Gasteiger partial charge is 0.378 e. The molecule has 1 N–H and O–H groups in total. The fourth-order valence-corrected chi connectivity index (χ4v) is 2.09. The van der Waals surface area contributed by atoms with Crippen molar-refractivity contribution in [2.45, 2.75) is 0 Å². The van der Waals surface area contributed by atoms with E-state index in [2.05, 4.69) is 21.2 Å². The van der Waals surface area contributed by atoms with Crippen LogP contribution in [0.2, 0.25) is 0 Å². The van der Waals surface area contributed by atoms with Gasteiger partial charge in [-0.25, -0.2) is 4.79 Å². The Morgan fingerprint density at radius 2 is 2.11 bits per heavy atom. The van der Waals surface area contributed by atoms with E-state index in [1.165, 1.54) is 12.1 Å². The van der Waals surface area contributed by atoms with E-state index in [-0.39, 0.29) is 11.7 Å². The van der Waals surface area contributed by atoms with E-state index in [0.29, 0.717) is 36.5 Å². The van der Waals surface area contributed by atoms with Crippen LogP contribution in [-0.2, 0) is 4.74 Å². The number of morpholine rings is 1. The first kappa shape index (κ1) is 13.8. The molecule has 8 heteroatoms. The molecule has 1 aliphatic rings. The second-order valence-corrected chi connectivity index (χ2v) is 4.81. The summed E-state index contributed by atoms with van der Waals surface area (Å²) in [6.07, 6.45) is 0. The number of hydrogen-bond acceptors (Lipinski definition) is 4. The van der Waals surface area contributed by atoms with Crippen molar-refractivity contribution < 1.29 is 14.5 Å². The highest BCUT2D eigenvalue weighted by atomic mass is 79.9. The van der Waals surface area contributed by atoms with Gasteiger partial charge in [0.1, 0.15) is 0 Å². The lowest BCUT2D eigenvalue weighted by Crippen LogP contribution is -2.43. The zero-order valence-electron chi connectivity index (χ0n) is 9.97. The Morgan fingerprint density at radius 1 is 1.42 bits per heavy atom. The highest BCUT2D eigenvalue weighted by molar-refractivity contribution is 9.10. The van der Waals surface area contributed by atoms with Crippen LogP contribution >= 0.6 is 15.9 Å². The summed E-state index contributed by atoms with van der Waals surface area (Å²) in [5.74, 6) is 0. The van der Waals surface area contributed by atoms with Gasteiger partial charge in [0.15, 0.2) is 0 Å². The smallest absolute Gasteiger partial charge is 0.322 e. The monoisotopic (exact) mass is 329 g/mol. The normalized spacial score (nSPS) is 15.1. The van der Waals surface area contributed by atoms with Crippen LogP contribution in [0.1, 0.15) is 0 Å². The SMILES string of the molecule is O=C(Nc1ccc(Br)c([N+](=O)[O-])c1)N1CCOCC1. The summed E-state index contributed by atoms with van der Waals surface area (Å²) < 4.78 is 5.53. The topological polar surface area (TPSA) is 84.7 Å². The minimum absolute atomic E-state index is 0.0835. The van der Waals surface area contributed by atoms with Gasteiger partial charge < -0.3 is 15.0 Å². The molecular formula is C11H12BrN3O4. The lowest BCUT2D eigenvalue weighted by atomic mass is 10.3. The average Bonchev–Trinajstić information content (AvgIpc) is 2.41. The van der Waals surface area contributed by atoms with Gasteiger partial charge in [0, 0.05) is 24.8 Å². The number of nitro benzene ring substituents is 1. The van der Waals surface area contributed by atoms with Crippen molar-refractivity contribution >= 4 is 33.3 Å². The molecular weight excluding hydrogens is 318 g/mol. The Kier molecular flexibility index (Phi) is 4.33. The quantitative estimate of drug-likeness (QED) is 0.666. The summed E-state index contributed by atoms with van der Waals surface area (Å²) in [6, 6.07) is 4.19. The molecule has 0 radical (unpaired) electrons. The molecule has 1 fully saturated rings. The van der Waals surface area contributed by atoms with Gasteiger partial charge in [-0.1, -0.05) is 0 Å². The van der Waals surface area contributed by atoms with Gasteiger partial charge in [-0.3, -0.25) is 10.1 Å². The number of halogens is 1. The van der Waals surface area contributed by atoms with Crippen LogP contribution in [0.25, 0.3) is 0 Å². The molecule has 0 unspecified atom stereocenters. The van der Waals surface area contributed by atoms with Gasteiger partial charge in [-0.05, 0) is 28.1 Å². The number of benzene rings is 1. The summed E-state index contributed by atoms with van der Waals surface area (Å²) >= 11 is 3.09. The van der Waals surface area contributed by atoms with E-state index in [1.807, 2.05) is 0 Å². The van der Waals surface area contributed by atoms with Crippen molar-refractivity contribution in [2.24, 2.45) is 0 Å². The van der Waals surface area contributed by atoms with E-state index in [4.69, 9.17) is 4.74 Å². The Morgan fingerprint density at radius 3 is 2.74 bits per heavy atom. The molecule has 0 spiro atoms. The van der Waals surface area contributed by atoms with Gasteiger partial charge in [0.2, 0.25) is 0 Å². The van der Waals surface area contributed by atoms with Crippen molar-refractivity contribution in [2.75, 3.05) is 31.6 Å². The number of urea groups is 1. The first-order valence-electron chi connectivity index (χ1n) is 5.65. The van der Waals surface area contributed by atoms with Crippen LogP contribution in [0.3, 0.4) is 0 Å². The molecule has 1 heterocycles. The summed E-state index contributed by atoms with van der Waals surface area (Å²) in [6.45, 7) is 2.05. The van der Waals surface area contributed by atoms with Crippen molar-refractivity contribution in [3.8, 4) is 0 Å². The second kappa shape index (κ2) is 5.98. The van der Waals surface area contributed by atoms with Crippen molar-refractivity contribution in [3.63, 3.8) is 0 Å². The highest BCUT2D eigenvalue weighted by Crippen LogP contribution is 2.27. The first-order valence-corrected chi connectivity index (χ1v) is 6.45. The predicted molar refractivity (Wildman–Crippen MR) is 72.2 cm³/mol. The average molecular weight is 330 g/mol. The van der Waals surface area contributed by atoms with Gasteiger partial charge in [-0.2, -0.15) is 0 Å². The Hall–Kier alpha value is -1.67. The van der Waals surface area contributed by atoms with Gasteiger partial charge in [-0.15, -0.1) is 0 Å². The molecule has 0 aliphatic carbocycles. The molecule has 1 aromatic carbocycles. The van der Waals surface area contributed by atoms with E-state index >= 15 is 0 Å². The summed E-state index contributed by atoms with van der Waals surface area (Å²) in [7, 11) is 0. The number of ether oxygens (including phenoxy) is 1.